The van der Waals surface area contributed by atoms with Crippen molar-refractivity contribution < 1.29 is 14.3 Å². The number of Topliss-reactive ketones (excluding diaryl/α,β-unsaturated/α-hetero) is 1. The Kier molecular flexibility index (Phi) is 6.24. The number of hydrogen-bond acceptors (Lipinski definition) is 4. The van der Waals surface area contributed by atoms with E-state index in [0.717, 1.165) is 43.5 Å². The predicted octanol–water partition coefficient (Wildman–Crippen LogP) is 6.47. The molecular weight excluding hydrogens is 433 g/mol. The summed E-state index contributed by atoms with van der Waals surface area (Å²) in [5.41, 5.74) is 3.27. The lowest BCUT2D eigenvalue weighted by Gasteiger charge is -2.40. The van der Waals surface area contributed by atoms with Crippen LogP contribution in [0.15, 0.2) is 40.7 Å². The molecule has 4 rings (SSSR count). The van der Waals surface area contributed by atoms with Gasteiger partial charge in [0.1, 0.15) is 6.10 Å². The Morgan fingerprint density at radius 1 is 1.13 bits per heavy atom. The number of hydrogen-bond donors (Lipinski definition) is 1. The molecule has 1 fully saturated rings. The van der Waals surface area contributed by atoms with E-state index in [1.165, 1.54) is 6.42 Å². The summed E-state index contributed by atoms with van der Waals surface area (Å²) >= 11 is 12.7. The van der Waals surface area contributed by atoms with Crippen molar-refractivity contribution >= 4 is 35.0 Å². The number of carbonyl (C=O) groups is 2. The van der Waals surface area contributed by atoms with E-state index in [0.29, 0.717) is 33.2 Å². The van der Waals surface area contributed by atoms with Crippen LogP contribution in [0.25, 0.3) is 0 Å². The minimum Gasteiger partial charge on any atom is -0.459 e. The van der Waals surface area contributed by atoms with Gasteiger partial charge in [-0.05, 0) is 62.1 Å². The van der Waals surface area contributed by atoms with E-state index in [9.17, 15) is 9.59 Å². The Hall–Kier alpha value is -1.78. The molecule has 1 heterocycles. The van der Waals surface area contributed by atoms with Gasteiger partial charge in [-0.2, -0.15) is 0 Å². The van der Waals surface area contributed by atoms with Crippen LogP contribution in [0, 0.1) is 5.41 Å². The van der Waals surface area contributed by atoms with Crippen molar-refractivity contribution in [3.8, 4) is 0 Å². The topological polar surface area (TPSA) is 55.4 Å². The van der Waals surface area contributed by atoms with Crippen molar-refractivity contribution in [2.45, 2.75) is 77.7 Å². The number of rotatable bonds is 3. The maximum absolute atomic E-state index is 13.4. The molecule has 1 aliphatic heterocycles. The van der Waals surface area contributed by atoms with Crippen molar-refractivity contribution in [2.75, 3.05) is 0 Å². The highest BCUT2D eigenvalue weighted by atomic mass is 35.5. The summed E-state index contributed by atoms with van der Waals surface area (Å²) in [5, 5.41) is 4.33. The summed E-state index contributed by atoms with van der Waals surface area (Å²) in [6, 6.07) is 5.23. The van der Waals surface area contributed by atoms with E-state index in [2.05, 4.69) is 19.2 Å². The molecule has 0 unspecified atom stereocenters. The van der Waals surface area contributed by atoms with Crippen molar-refractivity contribution in [1.29, 1.82) is 0 Å². The highest BCUT2D eigenvalue weighted by Gasteiger charge is 2.44. The zero-order valence-electron chi connectivity index (χ0n) is 18.3. The van der Waals surface area contributed by atoms with E-state index in [1.807, 2.05) is 13.0 Å². The maximum Gasteiger partial charge on any atom is 0.337 e. The van der Waals surface area contributed by atoms with E-state index in [4.69, 9.17) is 27.9 Å². The predicted molar refractivity (Wildman–Crippen MR) is 123 cm³/mol. The number of esters is 1. The number of carbonyl (C=O) groups excluding carboxylic acids is 2. The van der Waals surface area contributed by atoms with E-state index >= 15 is 0 Å². The fourth-order valence-electron chi connectivity index (χ4n) is 5.15. The third-order valence-electron chi connectivity index (χ3n) is 6.56. The third-order valence-corrected chi connectivity index (χ3v) is 7.12. The number of halogens is 2. The minimum atomic E-state index is -0.555. The lowest BCUT2D eigenvalue weighted by Crippen LogP contribution is -2.39. The molecule has 1 N–H and O–H groups in total. The standard InChI is InChI=1S/C25H29Cl2NO3/c1-14-21(24(30)31-16-7-5-4-6-8-16)22(17-10-9-15(26)11-18(17)27)23-19(28-14)12-25(2,3)13-20(23)29/h9-11,16,22,28H,4-8,12-13H2,1-3H3/t22-/m1/s1. The van der Waals surface area contributed by atoms with Gasteiger partial charge in [0, 0.05) is 39.4 Å². The molecule has 0 saturated heterocycles. The van der Waals surface area contributed by atoms with Crippen molar-refractivity contribution in [3.63, 3.8) is 0 Å². The quantitative estimate of drug-likeness (QED) is 0.523. The van der Waals surface area contributed by atoms with E-state index in [-0.39, 0.29) is 23.3 Å². The molecular formula is C25H29Cl2NO3. The summed E-state index contributed by atoms with van der Waals surface area (Å²) in [4.78, 5) is 26.8. The highest BCUT2D eigenvalue weighted by molar-refractivity contribution is 6.35. The second kappa shape index (κ2) is 8.63. The number of ether oxygens (including phenoxy) is 1. The molecule has 6 heteroatoms. The average molecular weight is 462 g/mol. The van der Waals surface area contributed by atoms with Gasteiger partial charge in [-0.25, -0.2) is 4.79 Å². The first-order valence-electron chi connectivity index (χ1n) is 11.1. The first-order valence-corrected chi connectivity index (χ1v) is 11.8. The van der Waals surface area contributed by atoms with E-state index < -0.39 is 5.92 Å². The van der Waals surface area contributed by atoms with Crippen molar-refractivity contribution in [3.05, 3.63) is 56.3 Å². The lowest BCUT2D eigenvalue weighted by atomic mass is 9.68. The molecule has 166 valence electrons. The zero-order valence-corrected chi connectivity index (χ0v) is 19.8. The average Bonchev–Trinajstić information content (AvgIpc) is 2.66. The Morgan fingerprint density at radius 2 is 1.84 bits per heavy atom. The van der Waals surface area contributed by atoms with Gasteiger partial charge >= 0.3 is 5.97 Å². The summed E-state index contributed by atoms with van der Waals surface area (Å²) in [7, 11) is 0. The van der Waals surface area contributed by atoms with Crippen LogP contribution >= 0.6 is 23.2 Å². The van der Waals surface area contributed by atoms with E-state index in [1.54, 1.807) is 12.1 Å². The Bertz CT molecular complexity index is 986. The Labute approximate surface area is 194 Å². The lowest BCUT2D eigenvalue weighted by molar-refractivity contribution is -0.146. The van der Waals surface area contributed by atoms with Gasteiger partial charge in [0.25, 0.3) is 0 Å². The summed E-state index contributed by atoms with van der Waals surface area (Å²) in [6.07, 6.45) is 6.20. The molecule has 0 amide bonds. The normalized spacial score (nSPS) is 24.0. The molecule has 0 aromatic heterocycles. The van der Waals surface area contributed by atoms with Crippen LogP contribution in [0.1, 0.15) is 77.2 Å². The molecule has 3 aliphatic rings. The number of allylic oxidation sites excluding steroid dienone is 3. The molecule has 1 aromatic carbocycles. The minimum absolute atomic E-state index is 0.0465. The van der Waals surface area contributed by atoms with Gasteiger partial charge in [0.05, 0.1) is 5.57 Å². The molecule has 31 heavy (non-hydrogen) atoms. The molecule has 0 bridgehead atoms. The third kappa shape index (κ3) is 4.56. The van der Waals surface area contributed by atoms with Gasteiger partial charge in [0.15, 0.2) is 5.78 Å². The monoisotopic (exact) mass is 461 g/mol. The number of benzene rings is 1. The van der Waals surface area contributed by atoms with Crippen LogP contribution in [0.4, 0.5) is 0 Å². The van der Waals surface area contributed by atoms with Crippen LogP contribution in [0.2, 0.25) is 10.0 Å². The molecule has 2 aliphatic carbocycles. The molecule has 1 saturated carbocycles. The molecule has 1 aromatic rings. The first kappa shape index (κ1) is 22.4. The fraction of sp³-hybridized carbons (Fsp3) is 0.520. The van der Waals surface area contributed by atoms with Gasteiger partial charge < -0.3 is 10.1 Å². The zero-order chi connectivity index (χ0) is 22.3. The van der Waals surface area contributed by atoms with Crippen LogP contribution in [0.5, 0.6) is 0 Å². The highest BCUT2D eigenvalue weighted by Crippen LogP contribution is 2.48. The molecule has 1 atom stereocenters. The second-order valence-corrected chi connectivity index (χ2v) is 10.6. The summed E-state index contributed by atoms with van der Waals surface area (Å²) < 4.78 is 5.93. The maximum atomic E-state index is 13.4. The van der Waals surface area contributed by atoms with Crippen LogP contribution in [-0.2, 0) is 14.3 Å². The van der Waals surface area contributed by atoms with Gasteiger partial charge in [-0.1, -0.05) is 49.5 Å². The smallest absolute Gasteiger partial charge is 0.337 e. The van der Waals surface area contributed by atoms with Crippen LogP contribution < -0.4 is 5.32 Å². The Morgan fingerprint density at radius 3 is 2.52 bits per heavy atom. The number of nitrogens with one attached hydrogen (secondary N) is 1. The van der Waals surface area contributed by atoms with Gasteiger partial charge in [-0.15, -0.1) is 0 Å². The summed E-state index contributed by atoms with van der Waals surface area (Å²) in [6.45, 7) is 6.06. The van der Waals surface area contributed by atoms with Crippen molar-refractivity contribution in [2.24, 2.45) is 5.41 Å². The summed E-state index contributed by atoms with van der Waals surface area (Å²) in [5.74, 6) is -0.872. The van der Waals surface area contributed by atoms with Gasteiger partial charge in [0.2, 0.25) is 0 Å². The van der Waals surface area contributed by atoms with Crippen LogP contribution in [-0.4, -0.2) is 17.9 Å². The largest absolute Gasteiger partial charge is 0.459 e. The molecule has 4 nitrogen and oxygen atoms in total. The number of ketones is 1. The molecule has 0 radical (unpaired) electrons. The Balaban J connectivity index is 1.79. The first-order chi connectivity index (χ1) is 14.7. The fourth-order valence-corrected chi connectivity index (χ4v) is 5.67. The molecule has 0 spiro atoms. The number of dihydropyridines is 1. The van der Waals surface area contributed by atoms with Gasteiger partial charge in [-0.3, -0.25) is 4.79 Å². The SMILES string of the molecule is CC1=C(C(=O)OC2CCCCC2)[C@@H](c2ccc(Cl)cc2Cl)C2=C(CC(C)(C)CC2=O)N1. The van der Waals surface area contributed by atoms with Crippen molar-refractivity contribution in [1.82, 2.24) is 5.32 Å². The second-order valence-electron chi connectivity index (χ2n) is 9.76. The van der Waals surface area contributed by atoms with Crippen LogP contribution in [0.3, 0.4) is 0 Å².